The largest absolute Gasteiger partial charge is 0.380 e. The topological polar surface area (TPSA) is 55.2 Å². The Morgan fingerprint density at radius 2 is 2.10 bits per heavy atom. The Kier molecular flexibility index (Phi) is 4.57. The summed E-state index contributed by atoms with van der Waals surface area (Å²) in [4.78, 5) is 9.92. The number of nitrogens with zero attached hydrogens (tertiary/aromatic N) is 1. The van der Waals surface area contributed by atoms with Gasteiger partial charge in [-0.15, -0.1) is 0 Å². The van der Waals surface area contributed by atoms with Crippen LogP contribution in [0.1, 0.15) is 5.56 Å². The van der Waals surface area contributed by atoms with Crippen LogP contribution < -0.4 is 5.32 Å². The number of hydrogen-bond acceptors (Lipinski definition) is 3. The molecule has 0 aromatic heterocycles. The highest BCUT2D eigenvalue weighted by molar-refractivity contribution is 9.10. The normalized spacial score (nSPS) is 10.3. The Balaban J connectivity index is 2.19. The molecule has 0 aliphatic carbocycles. The van der Waals surface area contributed by atoms with Crippen molar-refractivity contribution in [2.45, 2.75) is 6.54 Å². The van der Waals surface area contributed by atoms with E-state index in [1.54, 1.807) is 18.2 Å². The van der Waals surface area contributed by atoms with E-state index in [1.807, 2.05) is 0 Å². The molecule has 0 aliphatic heterocycles. The van der Waals surface area contributed by atoms with Gasteiger partial charge in [0.2, 0.25) is 5.82 Å². The van der Waals surface area contributed by atoms with Crippen LogP contribution in [0.2, 0.25) is 5.02 Å². The van der Waals surface area contributed by atoms with E-state index in [4.69, 9.17) is 11.6 Å². The maximum Gasteiger partial charge on any atom is 0.305 e. The van der Waals surface area contributed by atoms with Crippen molar-refractivity contribution in [2.75, 3.05) is 5.32 Å². The molecular weight excluding hydrogens is 351 g/mol. The number of nitrogens with one attached hydrogen (secondary N) is 1. The Labute approximate surface area is 127 Å². The van der Waals surface area contributed by atoms with Crippen molar-refractivity contribution >= 4 is 38.9 Å². The SMILES string of the molecule is O=[N+]([O-])c1cccc(CNc2ccc(Cl)cc2Br)c1F. The van der Waals surface area contributed by atoms with Crippen LogP contribution in [0, 0.1) is 15.9 Å². The summed E-state index contributed by atoms with van der Waals surface area (Å²) in [7, 11) is 0. The minimum absolute atomic E-state index is 0.133. The molecule has 0 fully saturated rings. The summed E-state index contributed by atoms with van der Waals surface area (Å²) in [5, 5.41) is 14.2. The van der Waals surface area contributed by atoms with Gasteiger partial charge in [0, 0.05) is 33.4 Å². The molecule has 0 spiro atoms. The summed E-state index contributed by atoms with van der Waals surface area (Å²) in [6, 6.07) is 9.22. The minimum Gasteiger partial charge on any atom is -0.380 e. The van der Waals surface area contributed by atoms with Gasteiger partial charge in [0.15, 0.2) is 0 Å². The summed E-state index contributed by atoms with van der Waals surface area (Å²) < 4.78 is 14.6. The van der Waals surface area contributed by atoms with Crippen molar-refractivity contribution in [3.63, 3.8) is 0 Å². The maximum atomic E-state index is 13.9. The lowest BCUT2D eigenvalue weighted by Crippen LogP contribution is -2.04. The van der Waals surface area contributed by atoms with Gasteiger partial charge in [0.05, 0.1) is 4.92 Å². The molecule has 7 heteroatoms. The van der Waals surface area contributed by atoms with Gasteiger partial charge in [-0.2, -0.15) is 4.39 Å². The molecule has 2 rings (SSSR count). The maximum absolute atomic E-state index is 13.9. The van der Waals surface area contributed by atoms with Crippen LogP contribution >= 0.6 is 27.5 Å². The van der Waals surface area contributed by atoms with E-state index in [0.29, 0.717) is 5.02 Å². The third-order valence-corrected chi connectivity index (χ3v) is 3.55. The molecule has 104 valence electrons. The number of anilines is 1. The molecule has 0 heterocycles. The standard InChI is InChI=1S/C13H9BrClFN2O2/c14-10-6-9(15)4-5-11(10)17-7-8-2-1-3-12(13(8)16)18(19)20/h1-6,17H,7H2. The van der Waals surface area contributed by atoms with Crippen molar-refractivity contribution in [1.82, 2.24) is 0 Å². The van der Waals surface area contributed by atoms with E-state index in [-0.39, 0.29) is 12.1 Å². The van der Waals surface area contributed by atoms with Gasteiger partial charge in [-0.3, -0.25) is 10.1 Å². The Morgan fingerprint density at radius 1 is 1.35 bits per heavy atom. The molecule has 0 bridgehead atoms. The highest BCUT2D eigenvalue weighted by Gasteiger charge is 2.16. The van der Waals surface area contributed by atoms with Gasteiger partial charge in [0.1, 0.15) is 0 Å². The smallest absolute Gasteiger partial charge is 0.305 e. The monoisotopic (exact) mass is 358 g/mol. The Hall–Kier alpha value is -1.66. The number of halogens is 3. The molecule has 4 nitrogen and oxygen atoms in total. The van der Waals surface area contributed by atoms with Crippen LogP contribution in [-0.4, -0.2) is 4.92 Å². The fraction of sp³-hybridized carbons (Fsp3) is 0.0769. The van der Waals surface area contributed by atoms with Gasteiger partial charge in [-0.1, -0.05) is 23.7 Å². The first-order valence-corrected chi connectivity index (χ1v) is 6.77. The number of nitro benzene ring substituents is 1. The molecule has 0 saturated heterocycles. The molecule has 20 heavy (non-hydrogen) atoms. The lowest BCUT2D eigenvalue weighted by atomic mass is 10.2. The van der Waals surface area contributed by atoms with Crippen LogP contribution in [0.4, 0.5) is 15.8 Å². The zero-order chi connectivity index (χ0) is 14.7. The minimum atomic E-state index is -0.824. The van der Waals surface area contributed by atoms with E-state index >= 15 is 0 Å². The highest BCUT2D eigenvalue weighted by atomic mass is 79.9. The average molecular weight is 360 g/mol. The first kappa shape index (κ1) is 14.7. The lowest BCUT2D eigenvalue weighted by molar-refractivity contribution is -0.387. The molecule has 0 amide bonds. The van der Waals surface area contributed by atoms with Crippen molar-refractivity contribution < 1.29 is 9.31 Å². The Morgan fingerprint density at radius 3 is 2.75 bits per heavy atom. The fourth-order valence-electron chi connectivity index (χ4n) is 1.67. The predicted molar refractivity (Wildman–Crippen MR) is 79.5 cm³/mol. The lowest BCUT2D eigenvalue weighted by Gasteiger charge is -2.09. The molecule has 0 radical (unpaired) electrons. The second-order valence-corrected chi connectivity index (χ2v) is 5.28. The first-order chi connectivity index (χ1) is 9.49. The van der Waals surface area contributed by atoms with Crippen LogP contribution in [-0.2, 0) is 6.54 Å². The summed E-state index contributed by atoms with van der Waals surface area (Å²) in [6.45, 7) is 0.133. The van der Waals surface area contributed by atoms with Gasteiger partial charge in [-0.25, -0.2) is 0 Å². The first-order valence-electron chi connectivity index (χ1n) is 5.59. The van der Waals surface area contributed by atoms with Gasteiger partial charge >= 0.3 is 5.69 Å². The van der Waals surface area contributed by atoms with E-state index in [0.717, 1.165) is 16.2 Å². The van der Waals surface area contributed by atoms with Crippen LogP contribution in [0.25, 0.3) is 0 Å². The molecule has 0 atom stereocenters. The number of nitro groups is 1. The molecule has 1 N–H and O–H groups in total. The summed E-state index contributed by atoms with van der Waals surface area (Å²) >= 11 is 9.15. The van der Waals surface area contributed by atoms with Gasteiger partial charge in [0.25, 0.3) is 0 Å². The van der Waals surface area contributed by atoms with Crippen molar-refractivity contribution in [3.8, 4) is 0 Å². The van der Waals surface area contributed by atoms with Crippen molar-refractivity contribution in [2.24, 2.45) is 0 Å². The average Bonchev–Trinajstić information content (AvgIpc) is 2.39. The zero-order valence-electron chi connectivity index (χ0n) is 10.1. The third-order valence-electron chi connectivity index (χ3n) is 2.66. The number of hydrogen-bond donors (Lipinski definition) is 1. The number of rotatable bonds is 4. The van der Waals surface area contributed by atoms with E-state index < -0.39 is 16.4 Å². The molecule has 0 aliphatic rings. The van der Waals surface area contributed by atoms with E-state index in [1.165, 1.54) is 12.1 Å². The summed E-state index contributed by atoms with van der Waals surface area (Å²) in [5.74, 6) is -0.824. The quantitative estimate of drug-likeness (QED) is 0.632. The second-order valence-electron chi connectivity index (χ2n) is 3.99. The summed E-state index contributed by atoms with van der Waals surface area (Å²) in [6.07, 6.45) is 0. The molecule has 0 unspecified atom stereocenters. The predicted octanol–water partition coefficient (Wildman–Crippen LogP) is 4.76. The van der Waals surface area contributed by atoms with E-state index in [2.05, 4.69) is 21.2 Å². The van der Waals surface area contributed by atoms with Crippen molar-refractivity contribution in [1.29, 1.82) is 0 Å². The molecule has 0 saturated carbocycles. The zero-order valence-corrected chi connectivity index (χ0v) is 12.4. The van der Waals surface area contributed by atoms with Crippen LogP contribution in [0.5, 0.6) is 0 Å². The molecule has 2 aromatic carbocycles. The molecular formula is C13H9BrClFN2O2. The van der Waals surface area contributed by atoms with Gasteiger partial charge in [-0.05, 0) is 34.1 Å². The molecule has 2 aromatic rings. The van der Waals surface area contributed by atoms with Crippen LogP contribution in [0.15, 0.2) is 40.9 Å². The fourth-order valence-corrected chi connectivity index (χ4v) is 2.49. The summed E-state index contributed by atoms with van der Waals surface area (Å²) in [5.41, 5.74) is 0.417. The number of benzene rings is 2. The van der Waals surface area contributed by atoms with Crippen LogP contribution in [0.3, 0.4) is 0 Å². The third kappa shape index (κ3) is 3.26. The second kappa shape index (κ2) is 6.19. The van der Waals surface area contributed by atoms with Crippen molar-refractivity contribution in [3.05, 3.63) is 67.4 Å². The van der Waals surface area contributed by atoms with E-state index in [9.17, 15) is 14.5 Å². The Bertz CT molecular complexity index is 667. The van der Waals surface area contributed by atoms with Gasteiger partial charge < -0.3 is 5.32 Å². The highest BCUT2D eigenvalue weighted by Crippen LogP contribution is 2.27.